The lowest BCUT2D eigenvalue weighted by atomic mass is 10.1. The first-order chi connectivity index (χ1) is 8.95. The minimum atomic E-state index is -0.858. The fourth-order valence-corrected chi connectivity index (χ4v) is 1.68. The number of esters is 1. The Morgan fingerprint density at radius 2 is 2.11 bits per heavy atom. The summed E-state index contributed by atoms with van der Waals surface area (Å²) in [7, 11) is 0. The minimum absolute atomic E-state index is 0.0698. The maximum Gasteiger partial charge on any atom is 0.347 e. The fraction of sp³-hybridized carbons (Fsp3) is 0.500. The van der Waals surface area contributed by atoms with Crippen molar-refractivity contribution in [3.63, 3.8) is 0 Å². The molecule has 0 aliphatic heterocycles. The van der Waals surface area contributed by atoms with Crippen LogP contribution in [0.2, 0.25) is 0 Å². The number of carbonyl (C=O) groups is 1. The third-order valence-corrected chi connectivity index (χ3v) is 2.50. The molecule has 1 aromatic carbocycles. The van der Waals surface area contributed by atoms with Crippen molar-refractivity contribution in [3.05, 3.63) is 29.6 Å². The Labute approximate surface area is 112 Å². The van der Waals surface area contributed by atoms with Gasteiger partial charge in [-0.3, -0.25) is 0 Å². The summed E-state index contributed by atoms with van der Waals surface area (Å²) in [4.78, 5) is 11.5. The van der Waals surface area contributed by atoms with Crippen molar-refractivity contribution in [1.29, 1.82) is 0 Å². The van der Waals surface area contributed by atoms with Gasteiger partial charge in [0.25, 0.3) is 0 Å². The topological polar surface area (TPSA) is 61.5 Å². The largest absolute Gasteiger partial charge is 0.476 e. The lowest BCUT2D eigenvalue weighted by Crippen LogP contribution is -2.27. The first kappa shape index (κ1) is 15.4. The predicted molar refractivity (Wildman–Crippen MR) is 70.5 cm³/mol. The van der Waals surface area contributed by atoms with Gasteiger partial charge in [0.05, 0.1) is 6.61 Å². The van der Waals surface area contributed by atoms with Crippen LogP contribution < -0.4 is 10.5 Å². The first-order valence-electron chi connectivity index (χ1n) is 6.32. The lowest BCUT2D eigenvalue weighted by molar-refractivity contribution is -0.150. The normalized spacial score (nSPS) is 13.7. The highest BCUT2D eigenvalue weighted by molar-refractivity contribution is 5.74. The van der Waals surface area contributed by atoms with Gasteiger partial charge in [0.2, 0.25) is 0 Å². The molecule has 0 bridgehead atoms. The molecule has 1 rings (SSSR count). The molecule has 0 amide bonds. The summed E-state index contributed by atoms with van der Waals surface area (Å²) in [5, 5.41) is 0. The van der Waals surface area contributed by atoms with E-state index in [9.17, 15) is 9.18 Å². The van der Waals surface area contributed by atoms with Gasteiger partial charge in [-0.1, -0.05) is 12.1 Å². The van der Waals surface area contributed by atoms with Crippen LogP contribution in [0.25, 0.3) is 0 Å². The molecule has 0 spiro atoms. The van der Waals surface area contributed by atoms with E-state index in [0.29, 0.717) is 12.0 Å². The second kappa shape index (κ2) is 7.09. The second-order valence-electron chi connectivity index (χ2n) is 4.42. The Morgan fingerprint density at radius 1 is 1.42 bits per heavy atom. The summed E-state index contributed by atoms with van der Waals surface area (Å²) >= 11 is 0. The standard InChI is InChI=1S/C14H20FNO3/c1-4-18-14(17)10(3)19-13-11(8-9(2)16)6-5-7-12(13)15/h5-7,9-10H,4,8,16H2,1-3H3. The van der Waals surface area contributed by atoms with E-state index in [1.165, 1.54) is 13.0 Å². The average Bonchev–Trinajstić information content (AvgIpc) is 2.33. The van der Waals surface area contributed by atoms with E-state index in [1.54, 1.807) is 19.1 Å². The van der Waals surface area contributed by atoms with Crippen LogP contribution in [0.3, 0.4) is 0 Å². The van der Waals surface area contributed by atoms with Gasteiger partial charge in [-0.15, -0.1) is 0 Å². The summed E-state index contributed by atoms with van der Waals surface area (Å²) in [6.45, 7) is 5.31. The van der Waals surface area contributed by atoms with Gasteiger partial charge >= 0.3 is 5.97 Å². The molecule has 2 atom stereocenters. The first-order valence-corrected chi connectivity index (χ1v) is 6.32. The van der Waals surface area contributed by atoms with Crippen molar-refractivity contribution in [2.24, 2.45) is 5.73 Å². The molecule has 2 N–H and O–H groups in total. The number of benzene rings is 1. The Morgan fingerprint density at radius 3 is 2.68 bits per heavy atom. The number of halogens is 1. The molecule has 0 aliphatic carbocycles. The molecule has 0 heterocycles. The Balaban J connectivity index is 2.89. The molecule has 2 unspecified atom stereocenters. The van der Waals surface area contributed by atoms with E-state index in [-0.39, 0.29) is 18.4 Å². The van der Waals surface area contributed by atoms with Gasteiger partial charge in [0, 0.05) is 6.04 Å². The maximum atomic E-state index is 13.8. The molecule has 0 saturated carbocycles. The minimum Gasteiger partial charge on any atom is -0.476 e. The van der Waals surface area contributed by atoms with Crippen LogP contribution in [-0.2, 0) is 16.0 Å². The van der Waals surface area contributed by atoms with E-state index in [2.05, 4.69) is 0 Å². The molecule has 4 nitrogen and oxygen atoms in total. The van der Waals surface area contributed by atoms with Crippen LogP contribution in [0, 0.1) is 5.82 Å². The van der Waals surface area contributed by atoms with Gasteiger partial charge < -0.3 is 15.2 Å². The molecule has 0 saturated heterocycles. The van der Waals surface area contributed by atoms with E-state index >= 15 is 0 Å². The molecular weight excluding hydrogens is 249 g/mol. The average molecular weight is 269 g/mol. The Bertz CT molecular complexity index is 435. The molecule has 1 aromatic rings. The van der Waals surface area contributed by atoms with Crippen LogP contribution in [0.5, 0.6) is 5.75 Å². The number of ether oxygens (including phenoxy) is 2. The molecule has 5 heteroatoms. The fourth-order valence-electron chi connectivity index (χ4n) is 1.68. The zero-order valence-electron chi connectivity index (χ0n) is 11.5. The van der Waals surface area contributed by atoms with Gasteiger partial charge in [-0.2, -0.15) is 0 Å². The monoisotopic (exact) mass is 269 g/mol. The van der Waals surface area contributed by atoms with Crippen molar-refractivity contribution in [1.82, 2.24) is 0 Å². The van der Waals surface area contributed by atoms with E-state index in [4.69, 9.17) is 15.2 Å². The Kier molecular flexibility index (Phi) is 5.76. The van der Waals surface area contributed by atoms with Crippen LogP contribution in [0.15, 0.2) is 18.2 Å². The third-order valence-electron chi connectivity index (χ3n) is 2.50. The lowest BCUT2D eigenvalue weighted by Gasteiger charge is -2.17. The molecule has 106 valence electrons. The van der Waals surface area contributed by atoms with Crippen molar-refractivity contribution in [2.75, 3.05) is 6.61 Å². The summed E-state index contributed by atoms with van der Waals surface area (Å²) in [6, 6.07) is 4.49. The highest BCUT2D eigenvalue weighted by Gasteiger charge is 2.20. The van der Waals surface area contributed by atoms with Gasteiger partial charge in [-0.25, -0.2) is 9.18 Å². The number of nitrogens with two attached hydrogens (primary N) is 1. The van der Waals surface area contributed by atoms with Crippen molar-refractivity contribution < 1.29 is 18.7 Å². The summed E-state index contributed by atoms with van der Waals surface area (Å²) in [5.41, 5.74) is 6.36. The number of rotatable bonds is 6. The van der Waals surface area contributed by atoms with E-state index in [0.717, 1.165) is 0 Å². The number of hydrogen-bond donors (Lipinski definition) is 1. The third kappa shape index (κ3) is 4.52. The summed E-state index contributed by atoms with van der Waals surface area (Å²) in [6.07, 6.45) is -0.383. The zero-order valence-corrected chi connectivity index (χ0v) is 11.5. The van der Waals surface area contributed by atoms with Crippen molar-refractivity contribution in [2.45, 2.75) is 39.3 Å². The van der Waals surface area contributed by atoms with Crippen LogP contribution in [-0.4, -0.2) is 24.7 Å². The van der Waals surface area contributed by atoms with Crippen molar-refractivity contribution in [3.8, 4) is 5.75 Å². The smallest absolute Gasteiger partial charge is 0.347 e. The molecule has 0 aliphatic rings. The summed E-state index contributed by atoms with van der Waals surface area (Å²) in [5.74, 6) is -0.952. The Hall–Kier alpha value is -1.62. The zero-order chi connectivity index (χ0) is 14.4. The predicted octanol–water partition coefficient (Wildman–Crippen LogP) is 2.05. The van der Waals surface area contributed by atoms with E-state index in [1.807, 2.05) is 6.92 Å². The molecule has 19 heavy (non-hydrogen) atoms. The van der Waals surface area contributed by atoms with Gasteiger partial charge in [0.1, 0.15) is 0 Å². The SMILES string of the molecule is CCOC(=O)C(C)Oc1c(F)cccc1CC(C)N. The molecule has 0 aromatic heterocycles. The number of hydrogen-bond acceptors (Lipinski definition) is 4. The molecule has 0 radical (unpaired) electrons. The highest BCUT2D eigenvalue weighted by Crippen LogP contribution is 2.25. The maximum absolute atomic E-state index is 13.8. The molecular formula is C14H20FNO3. The number of para-hydroxylation sites is 1. The van der Waals surface area contributed by atoms with Crippen molar-refractivity contribution >= 4 is 5.97 Å². The van der Waals surface area contributed by atoms with Gasteiger partial charge in [0.15, 0.2) is 17.7 Å². The van der Waals surface area contributed by atoms with E-state index < -0.39 is 17.9 Å². The van der Waals surface area contributed by atoms with Crippen LogP contribution in [0.4, 0.5) is 4.39 Å². The number of carbonyl (C=O) groups excluding carboxylic acids is 1. The highest BCUT2D eigenvalue weighted by atomic mass is 19.1. The molecule has 0 fully saturated rings. The summed E-state index contributed by atoms with van der Waals surface area (Å²) < 4.78 is 24.0. The van der Waals surface area contributed by atoms with Crippen LogP contribution in [0.1, 0.15) is 26.3 Å². The quantitative estimate of drug-likeness (QED) is 0.803. The van der Waals surface area contributed by atoms with Crippen LogP contribution >= 0.6 is 0 Å². The van der Waals surface area contributed by atoms with Gasteiger partial charge in [-0.05, 0) is 38.8 Å². The second-order valence-corrected chi connectivity index (χ2v) is 4.42.